The zero-order valence-corrected chi connectivity index (χ0v) is 13.3. The molecule has 0 N–H and O–H groups in total. The fourth-order valence-electron chi connectivity index (χ4n) is 1.76. The summed E-state index contributed by atoms with van der Waals surface area (Å²) in [4.78, 5) is 0. The molecular weight excluding hydrogens is 354 g/mol. The molecule has 1 aliphatic rings. The second-order valence-corrected chi connectivity index (χ2v) is 9.85. The molecule has 0 atom stereocenters. The van der Waals surface area contributed by atoms with E-state index in [1.165, 1.54) is 0 Å². The highest BCUT2D eigenvalue weighted by atomic mass is 32.3. The van der Waals surface area contributed by atoms with Gasteiger partial charge in [-0.3, -0.25) is 0 Å². The Morgan fingerprint density at radius 3 is 1.81 bits per heavy atom. The van der Waals surface area contributed by atoms with Crippen LogP contribution in [-0.4, -0.2) is 48.9 Å². The van der Waals surface area contributed by atoms with Gasteiger partial charge in [0.25, 0.3) is 16.1 Å². The standard InChI is InChI=1S/C8H13F2N2O6S3/c1-19(13,14)11-20(15,16)8(7(9)10)21(17,18)12-5-3-2-4-6-12/h2-6H2,1H3/q-1. The van der Waals surface area contributed by atoms with Crippen molar-refractivity contribution in [3.05, 3.63) is 14.4 Å². The lowest BCUT2D eigenvalue weighted by molar-refractivity contribution is 0.348. The van der Waals surface area contributed by atoms with Gasteiger partial charge in [-0.1, -0.05) is 6.42 Å². The van der Waals surface area contributed by atoms with E-state index in [-0.39, 0.29) is 13.1 Å². The average Bonchev–Trinajstić information content (AvgIpc) is 2.25. The van der Waals surface area contributed by atoms with Gasteiger partial charge in [-0.05, 0) is 12.8 Å². The minimum Gasteiger partial charge on any atom is -0.431 e. The summed E-state index contributed by atoms with van der Waals surface area (Å²) in [6.07, 6.45) is -1.20. The molecule has 0 aromatic rings. The van der Waals surface area contributed by atoms with E-state index in [0.717, 1.165) is 0 Å². The Hall–Kier alpha value is -0.630. The smallest absolute Gasteiger partial charge is 0.300 e. The minimum atomic E-state index is -5.55. The number of piperidine rings is 1. The highest BCUT2D eigenvalue weighted by Crippen LogP contribution is 2.31. The minimum absolute atomic E-state index is 0.118. The van der Waals surface area contributed by atoms with Crippen molar-refractivity contribution in [3.63, 3.8) is 0 Å². The number of sulfonamides is 3. The molecule has 1 heterocycles. The van der Waals surface area contributed by atoms with Crippen LogP contribution in [0.2, 0.25) is 0 Å². The summed E-state index contributed by atoms with van der Waals surface area (Å²) in [5.41, 5.74) is 0. The van der Waals surface area contributed by atoms with Gasteiger partial charge in [0.05, 0.1) is 10.0 Å². The van der Waals surface area contributed by atoms with Crippen LogP contribution in [0.5, 0.6) is 0 Å². The summed E-state index contributed by atoms with van der Waals surface area (Å²) in [5.74, 6) is 0. The normalized spacial score (nSPS) is 18.4. The molecule has 0 spiro atoms. The highest BCUT2D eigenvalue weighted by Gasteiger charge is 2.37. The van der Waals surface area contributed by atoms with Crippen LogP contribution >= 0.6 is 0 Å². The molecule has 0 amide bonds. The van der Waals surface area contributed by atoms with Gasteiger partial charge in [-0.15, -0.1) is 0 Å². The fraction of sp³-hybridized carbons (Fsp3) is 0.750. The van der Waals surface area contributed by atoms with Crippen molar-refractivity contribution in [2.75, 3.05) is 19.3 Å². The van der Waals surface area contributed by atoms with Crippen molar-refractivity contribution >= 4 is 30.1 Å². The predicted molar refractivity (Wildman–Crippen MR) is 70.7 cm³/mol. The lowest BCUT2D eigenvalue weighted by Crippen LogP contribution is -2.38. The second kappa shape index (κ2) is 6.24. The molecule has 0 saturated carbocycles. The molecule has 0 radical (unpaired) electrons. The van der Waals surface area contributed by atoms with Crippen molar-refractivity contribution < 1.29 is 34.0 Å². The van der Waals surface area contributed by atoms with Crippen LogP contribution in [0.4, 0.5) is 8.78 Å². The first-order valence-corrected chi connectivity index (χ1v) is 10.4. The summed E-state index contributed by atoms with van der Waals surface area (Å²) >= 11 is 0. The third-order valence-electron chi connectivity index (χ3n) is 2.51. The maximum atomic E-state index is 12.9. The largest absolute Gasteiger partial charge is 0.431 e. The van der Waals surface area contributed by atoms with E-state index in [1.807, 2.05) is 0 Å². The average molecular weight is 367 g/mol. The Labute approximate surface area is 122 Å². The highest BCUT2D eigenvalue weighted by molar-refractivity contribution is 8.21. The Balaban J connectivity index is 3.35. The van der Waals surface area contributed by atoms with Gasteiger partial charge in [-0.25, -0.2) is 25.3 Å². The van der Waals surface area contributed by atoms with E-state index < -0.39 is 40.4 Å². The van der Waals surface area contributed by atoms with Gasteiger partial charge >= 0.3 is 0 Å². The second-order valence-electron chi connectivity index (χ2n) is 4.30. The van der Waals surface area contributed by atoms with Crippen LogP contribution in [0.15, 0.2) is 10.3 Å². The van der Waals surface area contributed by atoms with Crippen molar-refractivity contribution in [1.82, 2.24) is 4.31 Å². The van der Waals surface area contributed by atoms with Crippen LogP contribution in [0.1, 0.15) is 19.3 Å². The first-order chi connectivity index (χ1) is 9.38. The topological polar surface area (TPSA) is 120 Å². The lowest BCUT2D eigenvalue weighted by atomic mass is 10.2. The predicted octanol–water partition coefficient (Wildman–Crippen LogP) is 0.531. The van der Waals surface area contributed by atoms with E-state index in [1.54, 1.807) is 0 Å². The van der Waals surface area contributed by atoms with E-state index in [0.29, 0.717) is 29.8 Å². The first kappa shape index (κ1) is 18.4. The summed E-state index contributed by atoms with van der Waals surface area (Å²) < 4.78 is 95.2. The Bertz CT molecular complexity index is 731. The molecular formula is C8H13F2N2O6S3-. The van der Waals surface area contributed by atoms with Crippen molar-refractivity contribution in [1.29, 1.82) is 0 Å². The van der Waals surface area contributed by atoms with E-state index in [2.05, 4.69) is 4.13 Å². The SMILES string of the molecule is CS(=O)(=O)[N-]S(=O)(=O)C(=C(F)F)S(=O)(=O)N1CCCCC1. The number of nitrogens with zero attached hydrogens (tertiary/aromatic N) is 2. The van der Waals surface area contributed by atoms with E-state index >= 15 is 0 Å². The molecule has 0 aromatic heterocycles. The molecule has 0 aliphatic carbocycles. The Morgan fingerprint density at radius 2 is 1.43 bits per heavy atom. The zero-order valence-electron chi connectivity index (χ0n) is 10.9. The maximum absolute atomic E-state index is 12.9. The quantitative estimate of drug-likeness (QED) is 0.699. The van der Waals surface area contributed by atoms with E-state index in [4.69, 9.17) is 0 Å². The van der Waals surface area contributed by atoms with Gasteiger partial charge < -0.3 is 4.13 Å². The molecule has 0 aromatic carbocycles. The summed E-state index contributed by atoms with van der Waals surface area (Å²) in [7, 11) is -15.2. The van der Waals surface area contributed by atoms with Gasteiger partial charge in [0.2, 0.25) is 4.24 Å². The Kier molecular flexibility index (Phi) is 5.47. The third-order valence-corrected chi connectivity index (χ3v) is 7.93. The van der Waals surface area contributed by atoms with Crippen LogP contribution in [0, 0.1) is 0 Å². The summed E-state index contributed by atoms with van der Waals surface area (Å²) in [6, 6.07) is 0. The molecule has 13 heteroatoms. The van der Waals surface area contributed by atoms with Gasteiger partial charge in [-0.2, -0.15) is 13.1 Å². The van der Waals surface area contributed by atoms with Crippen molar-refractivity contribution in [2.45, 2.75) is 19.3 Å². The third kappa shape index (κ3) is 4.67. The van der Waals surface area contributed by atoms with Crippen molar-refractivity contribution in [3.8, 4) is 0 Å². The first-order valence-electron chi connectivity index (χ1n) is 5.62. The molecule has 1 rings (SSSR count). The number of rotatable bonds is 5. The molecule has 124 valence electrons. The van der Waals surface area contributed by atoms with Gasteiger partial charge in [0, 0.05) is 19.3 Å². The van der Waals surface area contributed by atoms with Gasteiger partial charge in [0.1, 0.15) is 10.0 Å². The van der Waals surface area contributed by atoms with Crippen molar-refractivity contribution in [2.24, 2.45) is 0 Å². The molecule has 8 nitrogen and oxygen atoms in total. The molecule has 1 saturated heterocycles. The van der Waals surface area contributed by atoms with Crippen LogP contribution in [-0.2, 0) is 30.1 Å². The number of hydrogen-bond acceptors (Lipinski definition) is 6. The van der Waals surface area contributed by atoms with Crippen LogP contribution < -0.4 is 0 Å². The molecule has 0 bridgehead atoms. The number of hydrogen-bond donors (Lipinski definition) is 0. The molecule has 1 fully saturated rings. The number of halogens is 2. The molecule has 21 heavy (non-hydrogen) atoms. The monoisotopic (exact) mass is 367 g/mol. The van der Waals surface area contributed by atoms with Gasteiger partial charge in [0.15, 0.2) is 0 Å². The molecule has 1 aliphatic heterocycles. The van der Waals surface area contributed by atoms with Crippen LogP contribution in [0.25, 0.3) is 4.13 Å². The lowest BCUT2D eigenvalue weighted by Gasteiger charge is -2.28. The molecule has 0 unspecified atom stereocenters. The summed E-state index contributed by atoms with van der Waals surface area (Å²) in [5, 5.41) is 0. The maximum Gasteiger partial charge on any atom is 0.300 e. The zero-order chi connectivity index (χ0) is 16.5. The fourth-order valence-corrected chi connectivity index (χ4v) is 6.48. The summed E-state index contributed by atoms with van der Waals surface area (Å²) in [6.45, 7) is -0.235. The Morgan fingerprint density at radius 1 is 0.952 bits per heavy atom. The van der Waals surface area contributed by atoms with E-state index in [9.17, 15) is 34.0 Å². The van der Waals surface area contributed by atoms with Crippen LogP contribution in [0.3, 0.4) is 0 Å².